The van der Waals surface area contributed by atoms with Crippen molar-refractivity contribution in [1.82, 2.24) is 20.1 Å². The van der Waals surface area contributed by atoms with Crippen LogP contribution in [0.2, 0.25) is 0 Å². The molecule has 2 aromatic rings. The maximum absolute atomic E-state index is 13.5. The van der Waals surface area contributed by atoms with Crippen molar-refractivity contribution < 1.29 is 9.59 Å². The van der Waals surface area contributed by atoms with Crippen LogP contribution in [0.5, 0.6) is 0 Å². The summed E-state index contributed by atoms with van der Waals surface area (Å²) in [5.41, 5.74) is 2.77. The molecule has 3 heterocycles. The van der Waals surface area contributed by atoms with Crippen LogP contribution in [0.4, 0.5) is 4.79 Å². The van der Waals surface area contributed by atoms with E-state index in [9.17, 15) is 9.59 Å². The molecular weight excluding hydrogens is 376 g/mol. The molecule has 2 aliphatic heterocycles. The molecule has 1 aromatic carbocycles. The lowest BCUT2D eigenvalue weighted by molar-refractivity contribution is -0.134. The first-order chi connectivity index (χ1) is 14.5. The Bertz CT molecular complexity index is 930. The first-order valence-corrected chi connectivity index (χ1v) is 10.9. The number of amides is 3. The van der Waals surface area contributed by atoms with E-state index in [1.807, 2.05) is 43.5 Å². The highest BCUT2D eigenvalue weighted by Gasteiger charge is 2.54. The van der Waals surface area contributed by atoms with E-state index in [-0.39, 0.29) is 23.9 Å². The third kappa shape index (κ3) is 3.29. The maximum atomic E-state index is 13.5. The molecule has 0 saturated carbocycles. The lowest BCUT2D eigenvalue weighted by atomic mass is 9.78. The van der Waals surface area contributed by atoms with E-state index in [0.717, 1.165) is 51.0 Å². The number of likely N-dealkylation sites (tertiary alicyclic amines) is 1. The molecule has 30 heavy (non-hydrogen) atoms. The summed E-state index contributed by atoms with van der Waals surface area (Å²) in [6.45, 7) is 4.58. The Balaban J connectivity index is 1.25. The van der Waals surface area contributed by atoms with Crippen LogP contribution in [0, 0.1) is 5.92 Å². The number of carbonyl (C=O) groups excluding carboxylic acids is 2. The SMILES string of the molecule is CC1(C2CCN(Cc3ccccn3)CC2)NC(=O)N(C2Cc3ccccc3C2)C1=O. The number of rotatable bonds is 4. The number of carbonyl (C=O) groups is 2. The number of hydrogen-bond acceptors (Lipinski definition) is 4. The largest absolute Gasteiger partial charge is 0.325 e. The zero-order chi connectivity index (χ0) is 20.7. The van der Waals surface area contributed by atoms with E-state index in [2.05, 4.69) is 27.3 Å². The van der Waals surface area contributed by atoms with E-state index in [0.29, 0.717) is 0 Å². The first kappa shape index (κ1) is 19.2. The van der Waals surface area contributed by atoms with Gasteiger partial charge in [0.15, 0.2) is 0 Å². The number of nitrogens with one attached hydrogen (secondary N) is 1. The standard InChI is InChI=1S/C24H28N4O2/c1-24(19-9-12-27(13-10-19)16-20-8-4-5-11-25-20)22(29)28(23(30)26-24)21-14-17-6-2-3-7-18(17)15-21/h2-8,11,19,21H,9-10,12-16H2,1H3,(H,26,30). The second-order valence-electron chi connectivity index (χ2n) is 9.01. The Kier molecular flexibility index (Phi) is 4.82. The molecule has 1 aliphatic carbocycles. The first-order valence-electron chi connectivity index (χ1n) is 10.9. The van der Waals surface area contributed by atoms with Gasteiger partial charge in [-0.1, -0.05) is 30.3 Å². The zero-order valence-corrected chi connectivity index (χ0v) is 17.4. The summed E-state index contributed by atoms with van der Waals surface area (Å²) >= 11 is 0. The molecule has 1 unspecified atom stereocenters. The molecule has 6 nitrogen and oxygen atoms in total. The highest BCUT2D eigenvalue weighted by atomic mass is 16.2. The van der Waals surface area contributed by atoms with Crippen molar-refractivity contribution in [3.05, 3.63) is 65.5 Å². The van der Waals surface area contributed by atoms with Gasteiger partial charge in [0.25, 0.3) is 5.91 Å². The van der Waals surface area contributed by atoms with Crippen LogP contribution in [-0.2, 0) is 24.2 Å². The second-order valence-corrected chi connectivity index (χ2v) is 9.01. The van der Waals surface area contributed by atoms with Crippen LogP contribution >= 0.6 is 0 Å². The van der Waals surface area contributed by atoms with Crippen molar-refractivity contribution >= 4 is 11.9 Å². The van der Waals surface area contributed by atoms with E-state index in [4.69, 9.17) is 0 Å². The van der Waals surface area contributed by atoms with Gasteiger partial charge < -0.3 is 5.32 Å². The van der Waals surface area contributed by atoms with Crippen molar-refractivity contribution in [3.8, 4) is 0 Å². The molecule has 2 saturated heterocycles. The fourth-order valence-electron chi connectivity index (χ4n) is 5.39. The van der Waals surface area contributed by atoms with Crippen LogP contribution in [0.25, 0.3) is 0 Å². The highest BCUT2D eigenvalue weighted by molar-refractivity contribution is 6.07. The van der Waals surface area contributed by atoms with Gasteiger partial charge in [-0.25, -0.2) is 4.79 Å². The van der Waals surface area contributed by atoms with E-state index in [1.54, 1.807) is 0 Å². The van der Waals surface area contributed by atoms with Gasteiger partial charge in [-0.3, -0.25) is 19.6 Å². The Morgan fingerprint density at radius 3 is 2.33 bits per heavy atom. The number of benzene rings is 1. The zero-order valence-electron chi connectivity index (χ0n) is 17.4. The van der Waals surface area contributed by atoms with Crippen LogP contribution in [0.3, 0.4) is 0 Å². The molecular formula is C24H28N4O2. The minimum Gasteiger partial charge on any atom is -0.323 e. The number of pyridine rings is 1. The summed E-state index contributed by atoms with van der Waals surface area (Å²) in [6.07, 6.45) is 5.13. The molecule has 0 spiro atoms. The summed E-state index contributed by atoms with van der Waals surface area (Å²) in [5, 5.41) is 3.07. The van der Waals surface area contributed by atoms with Gasteiger partial charge in [0, 0.05) is 18.8 Å². The summed E-state index contributed by atoms with van der Waals surface area (Å²) in [7, 11) is 0. The molecule has 1 aromatic heterocycles. The van der Waals surface area contributed by atoms with Gasteiger partial charge in [0.05, 0.1) is 5.69 Å². The van der Waals surface area contributed by atoms with Crippen molar-refractivity contribution in [2.75, 3.05) is 13.1 Å². The van der Waals surface area contributed by atoms with E-state index >= 15 is 0 Å². The number of urea groups is 1. The normalized spacial score (nSPS) is 25.6. The van der Waals surface area contributed by atoms with Crippen LogP contribution < -0.4 is 5.32 Å². The van der Waals surface area contributed by atoms with Crippen molar-refractivity contribution in [2.45, 2.75) is 50.7 Å². The summed E-state index contributed by atoms with van der Waals surface area (Å²) in [5.74, 6) is 0.108. The molecule has 0 bridgehead atoms. The topological polar surface area (TPSA) is 65.5 Å². The van der Waals surface area contributed by atoms with Gasteiger partial charge >= 0.3 is 6.03 Å². The number of fused-ring (bicyclic) bond motifs is 1. The molecule has 3 amide bonds. The molecule has 5 rings (SSSR count). The molecule has 3 aliphatic rings. The second kappa shape index (κ2) is 7.51. The molecule has 1 atom stereocenters. The Labute approximate surface area is 177 Å². The van der Waals surface area contributed by atoms with E-state index < -0.39 is 5.54 Å². The van der Waals surface area contributed by atoms with Crippen LogP contribution in [-0.4, -0.2) is 51.4 Å². The minimum atomic E-state index is -0.803. The number of piperidine rings is 1. The Morgan fingerprint density at radius 1 is 1.03 bits per heavy atom. The Hall–Kier alpha value is -2.73. The number of aromatic nitrogens is 1. The predicted octanol–water partition coefficient (Wildman–Crippen LogP) is 2.77. The van der Waals surface area contributed by atoms with Crippen molar-refractivity contribution in [1.29, 1.82) is 0 Å². The summed E-state index contributed by atoms with van der Waals surface area (Å²) in [6, 6.07) is 13.9. The third-order valence-corrected chi connectivity index (χ3v) is 7.16. The smallest absolute Gasteiger partial charge is 0.323 e. The molecule has 156 valence electrons. The maximum Gasteiger partial charge on any atom is 0.325 e. The molecule has 0 radical (unpaired) electrons. The number of nitrogens with zero attached hydrogens (tertiary/aromatic N) is 3. The van der Waals surface area contributed by atoms with Gasteiger partial charge in [-0.15, -0.1) is 0 Å². The quantitative estimate of drug-likeness (QED) is 0.796. The predicted molar refractivity (Wildman–Crippen MR) is 114 cm³/mol. The summed E-state index contributed by atoms with van der Waals surface area (Å²) in [4.78, 5) is 34.6. The Morgan fingerprint density at radius 2 is 1.70 bits per heavy atom. The van der Waals surface area contributed by atoms with Gasteiger partial charge in [0.1, 0.15) is 5.54 Å². The molecule has 2 fully saturated rings. The fourth-order valence-corrected chi connectivity index (χ4v) is 5.39. The highest BCUT2D eigenvalue weighted by Crippen LogP contribution is 2.36. The van der Waals surface area contributed by atoms with Gasteiger partial charge in [0.2, 0.25) is 0 Å². The number of hydrogen-bond donors (Lipinski definition) is 1. The minimum absolute atomic E-state index is 0.0477. The van der Waals surface area contributed by atoms with Gasteiger partial charge in [-0.2, -0.15) is 0 Å². The van der Waals surface area contributed by atoms with Gasteiger partial charge in [-0.05, 0) is 74.9 Å². The monoisotopic (exact) mass is 404 g/mol. The van der Waals surface area contributed by atoms with E-state index in [1.165, 1.54) is 16.0 Å². The van der Waals surface area contributed by atoms with Crippen molar-refractivity contribution in [3.63, 3.8) is 0 Å². The summed E-state index contributed by atoms with van der Waals surface area (Å²) < 4.78 is 0. The number of imide groups is 1. The average Bonchev–Trinajstić information content (AvgIpc) is 3.27. The lowest BCUT2D eigenvalue weighted by Crippen LogP contribution is -2.54. The van der Waals surface area contributed by atoms with Crippen molar-refractivity contribution in [2.24, 2.45) is 5.92 Å². The average molecular weight is 405 g/mol. The third-order valence-electron chi connectivity index (χ3n) is 7.16. The van der Waals surface area contributed by atoms with Crippen LogP contribution in [0.15, 0.2) is 48.7 Å². The molecule has 1 N–H and O–H groups in total. The molecule has 6 heteroatoms. The lowest BCUT2D eigenvalue weighted by Gasteiger charge is -2.39. The van der Waals surface area contributed by atoms with Crippen LogP contribution in [0.1, 0.15) is 36.6 Å². The fraction of sp³-hybridized carbons (Fsp3) is 0.458.